The number of ether oxygens (including phenoxy) is 1. The molecule has 2 aromatic rings. The molecule has 0 saturated heterocycles. The summed E-state index contributed by atoms with van der Waals surface area (Å²) in [4.78, 5) is 17.7. The van der Waals surface area contributed by atoms with Gasteiger partial charge in [0.05, 0.1) is 12.8 Å². The summed E-state index contributed by atoms with van der Waals surface area (Å²) < 4.78 is 16.6. The second-order valence-electron chi connectivity index (χ2n) is 7.05. The highest BCUT2D eigenvalue weighted by molar-refractivity contribution is 7.51. The van der Waals surface area contributed by atoms with Crippen LogP contribution < -0.4 is 10.1 Å². The highest BCUT2D eigenvalue weighted by Crippen LogP contribution is 2.34. The Balaban J connectivity index is 1.75. The van der Waals surface area contributed by atoms with E-state index in [1.54, 1.807) is 0 Å². The van der Waals surface area contributed by atoms with Crippen LogP contribution in [0, 0.1) is 0 Å². The highest BCUT2D eigenvalue weighted by atomic mass is 31.2. The van der Waals surface area contributed by atoms with Gasteiger partial charge in [0.2, 0.25) is 0 Å². The largest absolute Gasteiger partial charge is 0.494 e. The van der Waals surface area contributed by atoms with Crippen molar-refractivity contribution in [1.29, 1.82) is 0 Å². The van der Waals surface area contributed by atoms with Crippen molar-refractivity contribution in [2.75, 3.05) is 19.3 Å². The molecule has 0 aliphatic heterocycles. The molecule has 0 aliphatic carbocycles. The predicted octanol–water partition coefficient (Wildman–Crippen LogP) is 4.97. The van der Waals surface area contributed by atoms with Crippen molar-refractivity contribution >= 4 is 7.60 Å². The summed E-state index contributed by atoms with van der Waals surface area (Å²) in [6.07, 6.45) is 5.22. The van der Waals surface area contributed by atoms with E-state index in [1.807, 2.05) is 12.1 Å². The Labute approximate surface area is 168 Å². The van der Waals surface area contributed by atoms with E-state index in [1.165, 1.54) is 19.3 Å². The van der Waals surface area contributed by atoms with Crippen molar-refractivity contribution in [3.05, 3.63) is 54.1 Å². The first kappa shape index (κ1) is 22.6. The lowest BCUT2D eigenvalue weighted by Gasteiger charge is -2.09. The van der Waals surface area contributed by atoms with Gasteiger partial charge in [0.15, 0.2) is 0 Å². The molecule has 0 fully saturated rings. The van der Waals surface area contributed by atoms with Gasteiger partial charge in [-0.25, -0.2) is 0 Å². The summed E-state index contributed by atoms with van der Waals surface area (Å²) in [5, 5.41) is 3.21. The van der Waals surface area contributed by atoms with E-state index < -0.39 is 7.60 Å². The van der Waals surface area contributed by atoms with Crippen LogP contribution in [0.1, 0.15) is 44.6 Å². The summed E-state index contributed by atoms with van der Waals surface area (Å²) in [6, 6.07) is 16.5. The van der Waals surface area contributed by atoms with Crippen LogP contribution in [0.3, 0.4) is 0 Å². The van der Waals surface area contributed by atoms with Gasteiger partial charge in [-0.05, 0) is 48.2 Å². The highest BCUT2D eigenvalue weighted by Gasteiger charge is 2.10. The first-order chi connectivity index (χ1) is 13.5. The van der Waals surface area contributed by atoms with Gasteiger partial charge >= 0.3 is 7.60 Å². The number of benzene rings is 2. The molecule has 154 valence electrons. The zero-order chi connectivity index (χ0) is 20.2. The molecular formula is C22H32NO4P. The third-order valence-electron chi connectivity index (χ3n) is 4.54. The lowest BCUT2D eigenvalue weighted by molar-refractivity contribution is 0.305. The Kier molecular flexibility index (Phi) is 9.72. The fourth-order valence-corrected chi connectivity index (χ4v) is 3.49. The van der Waals surface area contributed by atoms with Crippen molar-refractivity contribution in [3.63, 3.8) is 0 Å². The van der Waals surface area contributed by atoms with Crippen molar-refractivity contribution in [2.24, 2.45) is 0 Å². The molecule has 0 heterocycles. The van der Waals surface area contributed by atoms with Gasteiger partial charge < -0.3 is 19.8 Å². The first-order valence-electron chi connectivity index (χ1n) is 10.1. The fraction of sp³-hybridized carbons (Fsp3) is 0.455. The van der Waals surface area contributed by atoms with Crippen LogP contribution in [0.15, 0.2) is 48.5 Å². The Morgan fingerprint density at radius 3 is 2.14 bits per heavy atom. The minimum Gasteiger partial charge on any atom is -0.494 e. The molecule has 0 saturated carbocycles. The maximum Gasteiger partial charge on any atom is 0.325 e. The number of unbranched alkanes of at least 4 members (excludes halogenated alkanes) is 3. The van der Waals surface area contributed by atoms with E-state index in [2.05, 4.69) is 48.6 Å². The van der Waals surface area contributed by atoms with Crippen molar-refractivity contribution in [1.82, 2.24) is 5.32 Å². The summed E-state index contributed by atoms with van der Waals surface area (Å²) in [7, 11) is -3.88. The molecule has 6 heteroatoms. The van der Waals surface area contributed by atoms with Crippen LogP contribution in [-0.2, 0) is 11.1 Å². The molecule has 0 spiro atoms. The Morgan fingerprint density at radius 1 is 0.893 bits per heavy atom. The molecule has 2 rings (SSSR count). The Bertz CT molecular complexity index is 725. The molecule has 2 aromatic carbocycles. The number of hydrogen-bond acceptors (Lipinski definition) is 3. The van der Waals surface area contributed by atoms with Crippen LogP contribution in [0.4, 0.5) is 0 Å². The van der Waals surface area contributed by atoms with E-state index in [0.717, 1.165) is 35.5 Å². The number of rotatable bonds is 13. The normalized spacial score (nSPS) is 11.5. The molecule has 28 heavy (non-hydrogen) atoms. The molecule has 0 aromatic heterocycles. The van der Waals surface area contributed by atoms with E-state index in [0.29, 0.717) is 19.5 Å². The van der Waals surface area contributed by atoms with Crippen LogP contribution >= 0.6 is 7.60 Å². The molecular weight excluding hydrogens is 373 g/mol. The zero-order valence-electron chi connectivity index (χ0n) is 16.6. The van der Waals surface area contributed by atoms with Crippen LogP contribution in [0.5, 0.6) is 5.75 Å². The molecule has 5 nitrogen and oxygen atoms in total. The molecule has 3 N–H and O–H groups in total. The smallest absolute Gasteiger partial charge is 0.325 e. The molecule has 0 unspecified atom stereocenters. The SMILES string of the molecule is CCCCCCOc1ccc(-c2ccc(CNCCCP(=O)(O)O)cc2)cc1. The van der Waals surface area contributed by atoms with E-state index in [4.69, 9.17) is 14.5 Å². The van der Waals surface area contributed by atoms with Crippen molar-refractivity contribution in [3.8, 4) is 16.9 Å². The van der Waals surface area contributed by atoms with Crippen LogP contribution in [-0.4, -0.2) is 29.1 Å². The summed E-state index contributed by atoms with van der Waals surface area (Å²) in [5.74, 6) is 0.913. The standard InChI is InChI=1S/C22H32NO4P/c1-2-3-4-5-16-27-22-13-11-21(12-14-22)20-9-7-19(8-10-20)18-23-15-6-17-28(24,25)26/h7-14,23H,2-6,15-18H2,1H3,(H2,24,25,26). The van der Waals surface area contributed by atoms with Gasteiger partial charge in [-0.3, -0.25) is 4.57 Å². The van der Waals surface area contributed by atoms with E-state index in [-0.39, 0.29) is 6.16 Å². The maximum absolute atomic E-state index is 10.8. The van der Waals surface area contributed by atoms with Gasteiger partial charge in [0.25, 0.3) is 0 Å². The molecule has 0 atom stereocenters. The van der Waals surface area contributed by atoms with E-state index >= 15 is 0 Å². The second-order valence-corrected chi connectivity index (χ2v) is 8.83. The minimum atomic E-state index is -3.88. The van der Waals surface area contributed by atoms with Gasteiger partial charge in [-0.2, -0.15) is 0 Å². The number of nitrogens with one attached hydrogen (secondary N) is 1. The first-order valence-corrected chi connectivity index (χ1v) is 11.8. The third kappa shape index (κ3) is 9.03. The average Bonchev–Trinajstić information content (AvgIpc) is 2.68. The monoisotopic (exact) mass is 405 g/mol. The van der Waals surface area contributed by atoms with Crippen molar-refractivity contribution in [2.45, 2.75) is 45.6 Å². The van der Waals surface area contributed by atoms with Gasteiger partial charge in [-0.1, -0.05) is 62.6 Å². The molecule has 0 radical (unpaired) electrons. The van der Waals surface area contributed by atoms with Crippen LogP contribution in [0.2, 0.25) is 0 Å². The fourth-order valence-electron chi connectivity index (χ4n) is 2.92. The Hall–Kier alpha value is -1.65. The quantitative estimate of drug-likeness (QED) is 0.324. The second kappa shape index (κ2) is 12.0. The van der Waals surface area contributed by atoms with E-state index in [9.17, 15) is 4.57 Å². The van der Waals surface area contributed by atoms with Crippen LogP contribution in [0.25, 0.3) is 11.1 Å². The minimum absolute atomic E-state index is 0.0720. The van der Waals surface area contributed by atoms with Gasteiger partial charge in [0, 0.05) is 6.54 Å². The maximum atomic E-state index is 10.8. The molecule has 0 aliphatic rings. The summed E-state index contributed by atoms with van der Waals surface area (Å²) in [6.45, 7) is 4.26. The Morgan fingerprint density at radius 2 is 1.54 bits per heavy atom. The lowest BCUT2D eigenvalue weighted by Crippen LogP contribution is -2.15. The average molecular weight is 405 g/mol. The zero-order valence-corrected chi connectivity index (χ0v) is 17.5. The summed E-state index contributed by atoms with van der Waals surface area (Å²) >= 11 is 0. The summed E-state index contributed by atoms with van der Waals surface area (Å²) in [5.41, 5.74) is 3.45. The van der Waals surface area contributed by atoms with Gasteiger partial charge in [-0.15, -0.1) is 0 Å². The molecule has 0 bridgehead atoms. The third-order valence-corrected chi connectivity index (χ3v) is 5.44. The lowest BCUT2D eigenvalue weighted by atomic mass is 10.0. The van der Waals surface area contributed by atoms with Gasteiger partial charge in [0.1, 0.15) is 5.75 Å². The number of hydrogen-bond donors (Lipinski definition) is 3. The van der Waals surface area contributed by atoms with Crippen molar-refractivity contribution < 1.29 is 19.1 Å². The predicted molar refractivity (Wildman–Crippen MR) is 115 cm³/mol. The topological polar surface area (TPSA) is 78.8 Å². The molecule has 0 amide bonds.